The molecule has 2 aliphatic rings. The van der Waals surface area contributed by atoms with Crippen molar-refractivity contribution in [1.82, 2.24) is 0 Å². The number of benzene rings is 8. The highest BCUT2D eigenvalue weighted by molar-refractivity contribution is 5.97. The molecule has 0 spiro atoms. The molecular formula is C55H47N. The van der Waals surface area contributed by atoms with E-state index >= 15 is 0 Å². The molecule has 272 valence electrons. The monoisotopic (exact) mass is 721 g/mol. The highest BCUT2D eigenvalue weighted by Gasteiger charge is 2.38. The topological polar surface area (TPSA) is 3.24 Å². The third-order valence-electron chi connectivity index (χ3n) is 13.0. The second-order valence-electron chi connectivity index (χ2n) is 17.2. The summed E-state index contributed by atoms with van der Waals surface area (Å²) < 4.78 is 0. The minimum absolute atomic E-state index is 0.125. The summed E-state index contributed by atoms with van der Waals surface area (Å²) in [6, 6.07) is 59.4. The van der Waals surface area contributed by atoms with Crippen molar-refractivity contribution in [1.29, 1.82) is 0 Å². The van der Waals surface area contributed by atoms with Crippen molar-refractivity contribution in [3.8, 4) is 44.5 Å². The Labute approximate surface area is 331 Å². The predicted octanol–water partition coefficient (Wildman–Crippen LogP) is 15.2. The van der Waals surface area contributed by atoms with E-state index in [0.29, 0.717) is 0 Å². The van der Waals surface area contributed by atoms with Crippen LogP contribution in [0.5, 0.6) is 0 Å². The van der Waals surface area contributed by atoms with Gasteiger partial charge in [-0.2, -0.15) is 0 Å². The molecule has 0 aromatic heterocycles. The minimum Gasteiger partial charge on any atom is -0.310 e. The van der Waals surface area contributed by atoms with Crippen LogP contribution in [0.1, 0.15) is 66.6 Å². The molecule has 1 nitrogen and oxygen atoms in total. The van der Waals surface area contributed by atoms with Gasteiger partial charge in [-0.25, -0.2) is 0 Å². The fraction of sp³-hybridized carbons (Fsp3) is 0.164. The highest BCUT2D eigenvalue weighted by Crippen LogP contribution is 2.54. The molecule has 8 aromatic rings. The maximum Gasteiger partial charge on any atom is 0.0569 e. The van der Waals surface area contributed by atoms with Crippen molar-refractivity contribution in [3.63, 3.8) is 0 Å². The van der Waals surface area contributed by atoms with E-state index in [9.17, 15) is 0 Å². The summed E-state index contributed by atoms with van der Waals surface area (Å²) in [6.07, 6.45) is 0. The van der Waals surface area contributed by atoms with E-state index in [2.05, 4.69) is 211 Å². The van der Waals surface area contributed by atoms with Gasteiger partial charge in [0.15, 0.2) is 0 Å². The van der Waals surface area contributed by atoms with Gasteiger partial charge in [-0.05, 0) is 152 Å². The Kier molecular flexibility index (Phi) is 7.61. The summed E-state index contributed by atoms with van der Waals surface area (Å²) in [6.45, 7) is 16.4. The Hall–Kier alpha value is -6.18. The average molecular weight is 722 g/mol. The van der Waals surface area contributed by atoms with Gasteiger partial charge in [0.25, 0.3) is 0 Å². The number of anilines is 3. The third kappa shape index (κ3) is 5.07. The molecule has 0 heterocycles. The summed E-state index contributed by atoms with van der Waals surface area (Å²) in [4.78, 5) is 2.57. The third-order valence-corrected chi connectivity index (χ3v) is 13.0. The highest BCUT2D eigenvalue weighted by atomic mass is 15.1. The van der Waals surface area contributed by atoms with Gasteiger partial charge < -0.3 is 4.90 Å². The maximum absolute atomic E-state index is 2.57. The van der Waals surface area contributed by atoms with Gasteiger partial charge >= 0.3 is 0 Å². The molecule has 0 unspecified atom stereocenters. The van der Waals surface area contributed by atoms with E-state index in [-0.39, 0.29) is 10.8 Å². The molecule has 0 amide bonds. The first-order valence-corrected chi connectivity index (χ1v) is 20.0. The molecule has 0 radical (unpaired) electrons. The first-order chi connectivity index (χ1) is 27.0. The number of rotatable bonds is 5. The van der Waals surface area contributed by atoms with Crippen LogP contribution in [0.4, 0.5) is 17.1 Å². The standard InChI is InChI=1S/C55H47N/c1-34-15-14-16-35(2)52(34)47-31-40(39-24-23-37-17-8-9-18-38(37)30-39)29-36(3)53(47)56(41-25-27-45-43-19-10-12-21-48(43)54(4,5)50(45)32-41)42-26-28-46-44-20-11-13-22-49(44)55(6,7)51(46)33-42/h8-33H,1-7H3. The summed E-state index contributed by atoms with van der Waals surface area (Å²) in [5, 5.41) is 2.51. The van der Waals surface area contributed by atoms with Crippen LogP contribution in [0.15, 0.2) is 158 Å². The van der Waals surface area contributed by atoms with Crippen LogP contribution in [-0.4, -0.2) is 0 Å². The number of hydrogen-bond donors (Lipinski definition) is 0. The Morgan fingerprint density at radius 1 is 0.357 bits per heavy atom. The van der Waals surface area contributed by atoms with Crippen molar-refractivity contribution < 1.29 is 0 Å². The molecule has 0 saturated heterocycles. The number of fused-ring (bicyclic) bond motifs is 7. The Morgan fingerprint density at radius 3 is 1.46 bits per heavy atom. The fourth-order valence-electron chi connectivity index (χ4n) is 10.1. The van der Waals surface area contributed by atoms with E-state index in [1.807, 2.05) is 0 Å². The van der Waals surface area contributed by atoms with Gasteiger partial charge in [0.2, 0.25) is 0 Å². The molecule has 10 rings (SSSR count). The largest absolute Gasteiger partial charge is 0.310 e. The normalized spacial score (nSPS) is 14.3. The molecule has 1 heteroatoms. The predicted molar refractivity (Wildman–Crippen MR) is 239 cm³/mol. The maximum atomic E-state index is 2.57. The lowest BCUT2D eigenvalue weighted by atomic mass is 9.82. The molecule has 0 N–H and O–H groups in total. The molecule has 0 aliphatic heterocycles. The molecule has 56 heavy (non-hydrogen) atoms. The van der Waals surface area contributed by atoms with E-state index in [0.717, 1.165) is 0 Å². The van der Waals surface area contributed by atoms with Crippen molar-refractivity contribution >= 4 is 27.8 Å². The van der Waals surface area contributed by atoms with Crippen LogP contribution < -0.4 is 4.90 Å². The lowest BCUT2D eigenvalue weighted by molar-refractivity contribution is 0.660. The zero-order chi connectivity index (χ0) is 38.5. The van der Waals surface area contributed by atoms with Crippen LogP contribution in [0.25, 0.3) is 55.3 Å². The Balaban J connectivity index is 1.26. The minimum atomic E-state index is -0.125. The SMILES string of the molecule is Cc1cccc(C)c1-c1cc(-c2ccc3ccccc3c2)cc(C)c1N(c1ccc2c(c1)C(C)(C)c1ccccc1-2)c1ccc2c(c1)C(C)(C)c1ccccc1-2. The van der Waals surface area contributed by atoms with Crippen molar-refractivity contribution in [2.45, 2.75) is 59.3 Å². The molecule has 8 aromatic carbocycles. The molecule has 0 saturated carbocycles. The molecule has 0 fully saturated rings. The molecule has 2 aliphatic carbocycles. The van der Waals surface area contributed by atoms with Gasteiger partial charge in [-0.15, -0.1) is 0 Å². The zero-order valence-corrected chi connectivity index (χ0v) is 33.5. The molecular weight excluding hydrogens is 675 g/mol. The molecule has 0 atom stereocenters. The summed E-state index contributed by atoms with van der Waals surface area (Å²) in [7, 11) is 0. The van der Waals surface area contributed by atoms with Crippen molar-refractivity contribution in [2.75, 3.05) is 4.90 Å². The Bertz CT molecular complexity index is 2780. The zero-order valence-electron chi connectivity index (χ0n) is 33.5. The lowest BCUT2D eigenvalue weighted by Crippen LogP contribution is -2.19. The quantitative estimate of drug-likeness (QED) is 0.171. The Morgan fingerprint density at radius 2 is 0.875 bits per heavy atom. The number of nitrogens with zero attached hydrogens (tertiary/aromatic N) is 1. The number of aryl methyl sites for hydroxylation is 3. The van der Waals surface area contributed by atoms with Gasteiger partial charge in [0.1, 0.15) is 0 Å². The van der Waals surface area contributed by atoms with Gasteiger partial charge in [-0.3, -0.25) is 0 Å². The van der Waals surface area contributed by atoms with E-state index in [1.54, 1.807) is 0 Å². The van der Waals surface area contributed by atoms with Crippen LogP contribution in [0, 0.1) is 20.8 Å². The smallest absolute Gasteiger partial charge is 0.0569 e. The lowest BCUT2D eigenvalue weighted by Gasteiger charge is -2.33. The van der Waals surface area contributed by atoms with Crippen LogP contribution in [0.2, 0.25) is 0 Å². The number of hydrogen-bond acceptors (Lipinski definition) is 1. The van der Waals surface area contributed by atoms with Crippen molar-refractivity contribution in [3.05, 3.63) is 197 Å². The first kappa shape index (κ1) is 34.3. The fourth-order valence-corrected chi connectivity index (χ4v) is 10.1. The van der Waals surface area contributed by atoms with Crippen LogP contribution in [0.3, 0.4) is 0 Å². The summed E-state index contributed by atoms with van der Waals surface area (Å²) >= 11 is 0. The van der Waals surface area contributed by atoms with E-state index in [1.165, 1.54) is 111 Å². The summed E-state index contributed by atoms with van der Waals surface area (Å²) in [5.74, 6) is 0. The van der Waals surface area contributed by atoms with E-state index < -0.39 is 0 Å². The molecule has 0 bridgehead atoms. The van der Waals surface area contributed by atoms with Gasteiger partial charge in [0.05, 0.1) is 5.69 Å². The van der Waals surface area contributed by atoms with Gasteiger partial charge in [-0.1, -0.05) is 143 Å². The second kappa shape index (κ2) is 12.4. The van der Waals surface area contributed by atoms with Gasteiger partial charge in [0, 0.05) is 27.8 Å². The van der Waals surface area contributed by atoms with Crippen molar-refractivity contribution in [2.24, 2.45) is 0 Å². The van der Waals surface area contributed by atoms with Crippen LogP contribution in [-0.2, 0) is 10.8 Å². The second-order valence-corrected chi connectivity index (χ2v) is 17.2. The summed E-state index contributed by atoms with van der Waals surface area (Å²) in [5.41, 5.74) is 23.0. The van der Waals surface area contributed by atoms with E-state index in [4.69, 9.17) is 0 Å². The van der Waals surface area contributed by atoms with Crippen LogP contribution >= 0.6 is 0 Å². The average Bonchev–Trinajstić information content (AvgIpc) is 3.57. The first-order valence-electron chi connectivity index (χ1n) is 20.0.